The van der Waals surface area contributed by atoms with Gasteiger partial charge in [-0.2, -0.15) is 0 Å². The molecule has 1 fully saturated rings. The molecule has 0 bridgehead atoms. The molecule has 2 heterocycles. The monoisotopic (exact) mass is 328 g/mol. The predicted molar refractivity (Wildman–Crippen MR) is 75.4 cm³/mol. The molecular formula is C13H17BrN2O3. The Kier molecular flexibility index (Phi) is 4.10. The highest BCUT2D eigenvalue weighted by molar-refractivity contribution is 9.10. The summed E-state index contributed by atoms with van der Waals surface area (Å²) in [4.78, 5) is 27.1. The lowest BCUT2D eigenvalue weighted by molar-refractivity contribution is 0.0422. The van der Waals surface area contributed by atoms with Gasteiger partial charge in [0.15, 0.2) is 0 Å². The third-order valence-electron chi connectivity index (χ3n) is 3.46. The van der Waals surface area contributed by atoms with Gasteiger partial charge in [0.25, 0.3) is 5.91 Å². The molecule has 1 aromatic heterocycles. The minimum absolute atomic E-state index is 0.130. The second kappa shape index (κ2) is 5.46. The number of hydrogen-bond acceptors (Lipinski definition) is 3. The first-order valence-electron chi connectivity index (χ1n) is 6.21. The van der Waals surface area contributed by atoms with Crippen LogP contribution in [0.25, 0.3) is 0 Å². The lowest BCUT2D eigenvalue weighted by atomic mass is 9.92. The molecule has 1 amide bonds. The summed E-state index contributed by atoms with van der Waals surface area (Å²) in [5.41, 5.74) is 0.243. The average molecular weight is 329 g/mol. The van der Waals surface area contributed by atoms with E-state index >= 15 is 0 Å². The fourth-order valence-corrected chi connectivity index (χ4v) is 2.38. The molecule has 104 valence electrons. The van der Waals surface area contributed by atoms with Crippen LogP contribution in [0.4, 0.5) is 0 Å². The van der Waals surface area contributed by atoms with Crippen molar-refractivity contribution in [3.63, 3.8) is 0 Å². The summed E-state index contributed by atoms with van der Waals surface area (Å²) in [6, 6.07) is 0. The van der Waals surface area contributed by atoms with Crippen molar-refractivity contribution >= 4 is 21.8 Å². The first kappa shape index (κ1) is 14.3. The molecule has 0 spiro atoms. The Labute approximate surface area is 119 Å². The number of aryl methyl sites for hydroxylation is 1. The number of aromatic nitrogens is 1. The topological polar surface area (TPSA) is 71.2 Å². The normalized spacial score (nSPS) is 18.1. The molecule has 6 heteroatoms. The lowest BCUT2D eigenvalue weighted by Crippen LogP contribution is -2.50. The number of ether oxygens (including phenoxy) is 1. The van der Waals surface area contributed by atoms with Crippen LogP contribution in [0.1, 0.15) is 35.8 Å². The van der Waals surface area contributed by atoms with Crippen LogP contribution in [0.15, 0.2) is 15.5 Å². The van der Waals surface area contributed by atoms with Crippen molar-refractivity contribution in [2.75, 3.05) is 13.2 Å². The van der Waals surface area contributed by atoms with Gasteiger partial charge in [0.05, 0.1) is 4.47 Å². The van der Waals surface area contributed by atoms with Crippen molar-refractivity contribution in [3.8, 4) is 0 Å². The Bertz CT molecular complexity index is 547. The summed E-state index contributed by atoms with van der Waals surface area (Å²) in [6.45, 7) is 5.01. The number of rotatable bonds is 2. The Hall–Kier alpha value is -1.14. The SMILES string of the molecule is Cc1[nH]cc(C(=O)NC2(C)CCOCC2)c(=O)c1Br. The van der Waals surface area contributed by atoms with Crippen LogP contribution in [0, 0.1) is 6.92 Å². The van der Waals surface area contributed by atoms with Gasteiger partial charge in [0, 0.05) is 30.6 Å². The third-order valence-corrected chi connectivity index (χ3v) is 4.42. The number of hydrogen-bond donors (Lipinski definition) is 2. The van der Waals surface area contributed by atoms with Crippen LogP contribution in [0.5, 0.6) is 0 Å². The molecular weight excluding hydrogens is 312 g/mol. The van der Waals surface area contributed by atoms with E-state index in [1.807, 2.05) is 6.92 Å². The first-order chi connectivity index (χ1) is 8.93. The molecule has 0 radical (unpaired) electrons. The van der Waals surface area contributed by atoms with E-state index in [4.69, 9.17) is 4.74 Å². The van der Waals surface area contributed by atoms with E-state index in [2.05, 4.69) is 26.2 Å². The molecule has 0 aromatic carbocycles. The van der Waals surface area contributed by atoms with Crippen molar-refractivity contribution in [1.29, 1.82) is 0 Å². The van der Waals surface area contributed by atoms with Gasteiger partial charge < -0.3 is 15.0 Å². The van der Waals surface area contributed by atoms with Crippen LogP contribution in [-0.4, -0.2) is 29.6 Å². The summed E-state index contributed by atoms with van der Waals surface area (Å²) in [7, 11) is 0. The largest absolute Gasteiger partial charge is 0.381 e. The molecule has 19 heavy (non-hydrogen) atoms. The van der Waals surface area contributed by atoms with Crippen LogP contribution >= 0.6 is 15.9 Å². The Balaban J connectivity index is 2.21. The van der Waals surface area contributed by atoms with Gasteiger partial charge in [0.2, 0.25) is 5.43 Å². The maximum Gasteiger partial charge on any atom is 0.257 e. The van der Waals surface area contributed by atoms with Crippen molar-refractivity contribution < 1.29 is 9.53 Å². The zero-order chi connectivity index (χ0) is 14.0. The van der Waals surface area contributed by atoms with E-state index in [-0.39, 0.29) is 22.4 Å². The summed E-state index contributed by atoms with van der Waals surface area (Å²) >= 11 is 3.19. The fourth-order valence-electron chi connectivity index (χ4n) is 2.05. The summed E-state index contributed by atoms with van der Waals surface area (Å²) in [5, 5.41) is 2.94. The summed E-state index contributed by atoms with van der Waals surface area (Å²) in [6.07, 6.45) is 2.97. The smallest absolute Gasteiger partial charge is 0.257 e. The molecule has 1 saturated heterocycles. The molecule has 0 atom stereocenters. The van der Waals surface area contributed by atoms with E-state index in [0.29, 0.717) is 23.4 Å². The molecule has 2 N–H and O–H groups in total. The quantitative estimate of drug-likeness (QED) is 0.868. The number of nitrogens with one attached hydrogen (secondary N) is 2. The van der Waals surface area contributed by atoms with Gasteiger partial charge in [-0.15, -0.1) is 0 Å². The molecule has 1 aromatic rings. The number of H-pyrrole nitrogens is 1. The third kappa shape index (κ3) is 3.06. The van der Waals surface area contributed by atoms with Gasteiger partial charge in [-0.05, 0) is 42.6 Å². The van der Waals surface area contributed by atoms with Crippen LogP contribution < -0.4 is 10.7 Å². The molecule has 0 unspecified atom stereocenters. The van der Waals surface area contributed by atoms with Crippen LogP contribution in [-0.2, 0) is 4.74 Å². The molecule has 1 aliphatic rings. The maximum atomic E-state index is 12.2. The van der Waals surface area contributed by atoms with Gasteiger partial charge >= 0.3 is 0 Å². The zero-order valence-electron chi connectivity index (χ0n) is 11.0. The Morgan fingerprint density at radius 1 is 1.47 bits per heavy atom. The number of amides is 1. The zero-order valence-corrected chi connectivity index (χ0v) is 12.6. The highest BCUT2D eigenvalue weighted by Gasteiger charge is 2.30. The van der Waals surface area contributed by atoms with Gasteiger partial charge in [-0.3, -0.25) is 9.59 Å². The van der Waals surface area contributed by atoms with Crippen LogP contribution in [0.3, 0.4) is 0 Å². The standard InChI is InChI=1S/C13H17BrN2O3/c1-8-10(14)11(17)9(7-15-8)12(18)16-13(2)3-5-19-6-4-13/h7H,3-6H2,1-2H3,(H,15,17)(H,16,18). The van der Waals surface area contributed by atoms with E-state index in [9.17, 15) is 9.59 Å². The fraction of sp³-hybridized carbons (Fsp3) is 0.538. The van der Waals surface area contributed by atoms with Gasteiger partial charge in [-0.25, -0.2) is 0 Å². The minimum Gasteiger partial charge on any atom is -0.381 e. The predicted octanol–water partition coefficient (Wildman–Crippen LogP) is 1.74. The van der Waals surface area contributed by atoms with Crippen LogP contribution in [0.2, 0.25) is 0 Å². The van der Waals surface area contributed by atoms with Crippen molar-refractivity contribution in [1.82, 2.24) is 10.3 Å². The van der Waals surface area contributed by atoms with E-state index < -0.39 is 0 Å². The highest BCUT2D eigenvalue weighted by Crippen LogP contribution is 2.20. The molecule has 0 aliphatic carbocycles. The van der Waals surface area contributed by atoms with E-state index in [0.717, 1.165) is 12.8 Å². The van der Waals surface area contributed by atoms with E-state index in [1.165, 1.54) is 6.20 Å². The lowest BCUT2D eigenvalue weighted by Gasteiger charge is -2.34. The number of pyridine rings is 1. The molecule has 5 nitrogen and oxygen atoms in total. The molecule has 0 saturated carbocycles. The average Bonchev–Trinajstić information content (AvgIpc) is 2.36. The number of carbonyl (C=O) groups is 1. The minimum atomic E-state index is -0.341. The van der Waals surface area contributed by atoms with E-state index in [1.54, 1.807) is 6.92 Å². The van der Waals surface area contributed by atoms with Crippen molar-refractivity contribution in [2.24, 2.45) is 0 Å². The second-order valence-corrected chi connectivity index (χ2v) is 5.89. The van der Waals surface area contributed by atoms with Gasteiger partial charge in [0.1, 0.15) is 5.56 Å². The summed E-state index contributed by atoms with van der Waals surface area (Å²) < 4.78 is 5.68. The molecule has 2 rings (SSSR count). The summed E-state index contributed by atoms with van der Waals surface area (Å²) in [5.74, 6) is -0.341. The maximum absolute atomic E-state index is 12.2. The highest BCUT2D eigenvalue weighted by atomic mass is 79.9. The van der Waals surface area contributed by atoms with Gasteiger partial charge in [-0.1, -0.05) is 0 Å². The Morgan fingerprint density at radius 2 is 2.11 bits per heavy atom. The molecule has 1 aliphatic heterocycles. The Morgan fingerprint density at radius 3 is 2.74 bits per heavy atom. The second-order valence-electron chi connectivity index (χ2n) is 5.10. The van der Waals surface area contributed by atoms with Crippen molar-refractivity contribution in [2.45, 2.75) is 32.2 Å². The first-order valence-corrected chi connectivity index (χ1v) is 7.00. The van der Waals surface area contributed by atoms with Crippen molar-refractivity contribution in [3.05, 3.63) is 32.2 Å². The number of halogens is 1. The number of aromatic amines is 1. The number of carbonyl (C=O) groups excluding carboxylic acids is 1.